The van der Waals surface area contributed by atoms with E-state index in [1.54, 1.807) is 0 Å². The number of nitrogens with one attached hydrogen (secondary N) is 1. The van der Waals surface area contributed by atoms with E-state index < -0.39 is 0 Å². The smallest absolute Gasteiger partial charge is 0.198 e. The fourth-order valence-corrected chi connectivity index (χ4v) is 3.30. The van der Waals surface area contributed by atoms with Gasteiger partial charge in [0.25, 0.3) is 0 Å². The summed E-state index contributed by atoms with van der Waals surface area (Å²) in [5.41, 5.74) is 4.21. The van der Waals surface area contributed by atoms with Crippen LogP contribution in [0.2, 0.25) is 0 Å². The van der Waals surface area contributed by atoms with Crippen LogP contribution < -0.4 is 5.32 Å². The second kappa shape index (κ2) is 5.53. The van der Waals surface area contributed by atoms with E-state index in [1.165, 1.54) is 15.3 Å². The molecule has 0 saturated carbocycles. The second-order valence-corrected chi connectivity index (χ2v) is 7.14. The van der Waals surface area contributed by atoms with Crippen molar-refractivity contribution < 1.29 is 4.42 Å². The van der Waals surface area contributed by atoms with Gasteiger partial charge in [-0.3, -0.25) is 0 Å². The Labute approximate surface area is 129 Å². The number of anilines is 1. The molecule has 0 aliphatic rings. The van der Waals surface area contributed by atoms with Gasteiger partial charge in [-0.1, -0.05) is 13.8 Å². The topological polar surface area (TPSA) is 38.1 Å². The first-order valence-corrected chi connectivity index (χ1v) is 8.05. The number of rotatable bonds is 4. The number of benzene rings is 1. The monoisotopic (exact) mass is 300 g/mol. The van der Waals surface area contributed by atoms with Gasteiger partial charge in [-0.25, -0.2) is 4.98 Å². The number of aromatic nitrogens is 1. The van der Waals surface area contributed by atoms with E-state index in [2.05, 4.69) is 50.1 Å². The second-order valence-electron chi connectivity index (χ2n) is 5.68. The molecule has 0 atom stereocenters. The molecule has 4 heteroatoms. The van der Waals surface area contributed by atoms with Crippen molar-refractivity contribution in [2.45, 2.75) is 40.2 Å². The Morgan fingerprint density at radius 1 is 1.24 bits per heavy atom. The third-order valence-corrected chi connectivity index (χ3v) is 4.53. The number of fused-ring (bicyclic) bond motifs is 1. The molecule has 21 heavy (non-hydrogen) atoms. The van der Waals surface area contributed by atoms with Gasteiger partial charge in [-0.15, -0.1) is 11.3 Å². The average Bonchev–Trinajstić information content (AvgIpc) is 2.99. The number of nitrogens with zero attached hydrogens (tertiary/aromatic N) is 1. The summed E-state index contributed by atoms with van der Waals surface area (Å²) in [6.45, 7) is 9.34. The van der Waals surface area contributed by atoms with Gasteiger partial charge in [-0.2, -0.15) is 0 Å². The minimum atomic E-state index is 0.310. The van der Waals surface area contributed by atoms with Crippen molar-refractivity contribution in [3.63, 3.8) is 0 Å². The van der Waals surface area contributed by atoms with Gasteiger partial charge in [0, 0.05) is 27.9 Å². The predicted molar refractivity (Wildman–Crippen MR) is 89.2 cm³/mol. The molecule has 1 N–H and O–H groups in total. The van der Waals surface area contributed by atoms with E-state index in [-0.39, 0.29) is 0 Å². The molecule has 3 aromatic rings. The largest absolute Gasteiger partial charge is 0.440 e. The normalized spacial score (nSPS) is 11.5. The van der Waals surface area contributed by atoms with E-state index >= 15 is 0 Å². The van der Waals surface area contributed by atoms with Crippen LogP contribution in [-0.4, -0.2) is 4.98 Å². The molecular formula is C17H20N2OS. The summed E-state index contributed by atoms with van der Waals surface area (Å²) in [7, 11) is 0. The first-order valence-electron chi connectivity index (χ1n) is 7.23. The highest BCUT2D eigenvalue weighted by molar-refractivity contribution is 7.12. The summed E-state index contributed by atoms with van der Waals surface area (Å²) in [5.74, 6) is 1.11. The van der Waals surface area contributed by atoms with Crippen molar-refractivity contribution in [3.8, 4) is 0 Å². The standard InChI is InChI=1S/C17H20N2OS/c1-10(2)17-19-15-8-14(5-6-16(15)20-17)18-9-13-7-11(3)21-12(13)4/h5-8,10,18H,9H2,1-4H3. The van der Waals surface area contributed by atoms with Gasteiger partial charge in [0.15, 0.2) is 11.5 Å². The zero-order chi connectivity index (χ0) is 15.0. The van der Waals surface area contributed by atoms with Crippen molar-refractivity contribution in [2.24, 2.45) is 0 Å². The molecule has 0 radical (unpaired) electrons. The molecule has 2 heterocycles. The van der Waals surface area contributed by atoms with Crippen molar-refractivity contribution in [1.29, 1.82) is 0 Å². The fraction of sp³-hybridized carbons (Fsp3) is 0.353. The van der Waals surface area contributed by atoms with Crippen LogP contribution in [0.1, 0.15) is 41.0 Å². The van der Waals surface area contributed by atoms with E-state index in [0.717, 1.165) is 29.2 Å². The molecule has 3 nitrogen and oxygen atoms in total. The van der Waals surface area contributed by atoms with Crippen LogP contribution in [0.4, 0.5) is 5.69 Å². The molecule has 0 amide bonds. The molecular weight excluding hydrogens is 280 g/mol. The first-order chi connectivity index (χ1) is 10.0. The molecule has 0 spiro atoms. The maximum atomic E-state index is 5.73. The Bertz CT molecular complexity index is 770. The van der Waals surface area contributed by atoms with Crippen LogP contribution in [-0.2, 0) is 6.54 Å². The third kappa shape index (κ3) is 2.95. The summed E-state index contributed by atoms with van der Waals surface area (Å²) < 4.78 is 5.73. The van der Waals surface area contributed by atoms with Crippen molar-refractivity contribution in [3.05, 3.63) is 45.5 Å². The number of thiophene rings is 1. The van der Waals surface area contributed by atoms with Gasteiger partial charge >= 0.3 is 0 Å². The number of oxazole rings is 1. The molecule has 110 valence electrons. The maximum absolute atomic E-state index is 5.73. The Morgan fingerprint density at radius 2 is 2.05 bits per heavy atom. The third-order valence-electron chi connectivity index (χ3n) is 3.52. The number of hydrogen-bond acceptors (Lipinski definition) is 4. The number of aryl methyl sites for hydroxylation is 2. The van der Waals surface area contributed by atoms with Gasteiger partial charge in [-0.05, 0) is 43.7 Å². The van der Waals surface area contributed by atoms with Gasteiger partial charge in [0.1, 0.15) is 5.52 Å². The fourth-order valence-electron chi connectivity index (χ4n) is 2.36. The first kappa shape index (κ1) is 14.1. The van der Waals surface area contributed by atoms with Crippen LogP contribution in [0, 0.1) is 13.8 Å². The molecule has 2 aromatic heterocycles. The van der Waals surface area contributed by atoms with E-state index in [9.17, 15) is 0 Å². The molecule has 0 aliphatic carbocycles. The summed E-state index contributed by atoms with van der Waals surface area (Å²) in [5, 5.41) is 3.47. The molecule has 0 unspecified atom stereocenters. The lowest BCUT2D eigenvalue weighted by molar-refractivity contribution is 0.501. The van der Waals surface area contributed by atoms with Crippen LogP contribution in [0.25, 0.3) is 11.1 Å². The van der Waals surface area contributed by atoms with Crippen LogP contribution in [0.3, 0.4) is 0 Å². The van der Waals surface area contributed by atoms with E-state index in [0.29, 0.717) is 5.92 Å². The quantitative estimate of drug-likeness (QED) is 0.716. The van der Waals surface area contributed by atoms with Crippen LogP contribution >= 0.6 is 11.3 Å². The highest BCUT2D eigenvalue weighted by Gasteiger charge is 2.10. The molecule has 0 aliphatic heterocycles. The lowest BCUT2D eigenvalue weighted by atomic mass is 10.2. The van der Waals surface area contributed by atoms with Crippen molar-refractivity contribution in [1.82, 2.24) is 4.98 Å². The Morgan fingerprint density at radius 3 is 2.71 bits per heavy atom. The highest BCUT2D eigenvalue weighted by atomic mass is 32.1. The van der Waals surface area contributed by atoms with Crippen molar-refractivity contribution in [2.75, 3.05) is 5.32 Å². The summed E-state index contributed by atoms with van der Waals surface area (Å²) >= 11 is 1.85. The van der Waals surface area contributed by atoms with Gasteiger partial charge in [0.05, 0.1) is 0 Å². The zero-order valence-corrected chi connectivity index (χ0v) is 13.7. The SMILES string of the molecule is Cc1cc(CNc2ccc3oc(C(C)C)nc3c2)c(C)s1. The number of hydrogen-bond donors (Lipinski definition) is 1. The minimum absolute atomic E-state index is 0.310. The molecule has 1 aromatic carbocycles. The van der Waals surface area contributed by atoms with Crippen molar-refractivity contribution >= 4 is 28.1 Å². The molecule has 0 saturated heterocycles. The van der Waals surface area contributed by atoms with E-state index in [4.69, 9.17) is 4.42 Å². The predicted octanol–water partition coefficient (Wildman–Crippen LogP) is 5.24. The van der Waals surface area contributed by atoms with E-state index in [1.807, 2.05) is 23.5 Å². The molecule has 0 fully saturated rings. The highest BCUT2D eigenvalue weighted by Crippen LogP contribution is 2.25. The van der Waals surface area contributed by atoms with Crippen LogP contribution in [0.15, 0.2) is 28.7 Å². The summed E-state index contributed by atoms with van der Waals surface area (Å²) in [4.78, 5) is 7.28. The molecule has 0 bridgehead atoms. The lowest BCUT2D eigenvalue weighted by Gasteiger charge is -2.05. The minimum Gasteiger partial charge on any atom is -0.440 e. The van der Waals surface area contributed by atoms with Gasteiger partial charge in [0.2, 0.25) is 0 Å². The molecule has 3 rings (SSSR count). The Kier molecular flexibility index (Phi) is 3.72. The summed E-state index contributed by atoms with van der Waals surface area (Å²) in [6, 6.07) is 8.34. The van der Waals surface area contributed by atoms with Gasteiger partial charge < -0.3 is 9.73 Å². The zero-order valence-electron chi connectivity index (χ0n) is 12.9. The lowest BCUT2D eigenvalue weighted by Crippen LogP contribution is -1.99. The van der Waals surface area contributed by atoms with Crippen LogP contribution in [0.5, 0.6) is 0 Å². The Hall–Kier alpha value is -1.81. The average molecular weight is 300 g/mol. The maximum Gasteiger partial charge on any atom is 0.198 e. The summed E-state index contributed by atoms with van der Waals surface area (Å²) in [6.07, 6.45) is 0. The Balaban J connectivity index is 1.79.